The van der Waals surface area contributed by atoms with E-state index in [1.165, 1.54) is 0 Å². The maximum atomic E-state index is 9.11. The fourth-order valence-corrected chi connectivity index (χ4v) is 1.52. The molecule has 2 rings (SSSR count). The van der Waals surface area contributed by atoms with Crippen LogP contribution in [0.1, 0.15) is 12.6 Å². The van der Waals surface area contributed by atoms with Gasteiger partial charge in [-0.25, -0.2) is 4.98 Å². The van der Waals surface area contributed by atoms with Crippen LogP contribution in [0.2, 0.25) is 0 Å². The third-order valence-electron chi connectivity index (χ3n) is 2.24. The van der Waals surface area contributed by atoms with Gasteiger partial charge in [0.2, 0.25) is 0 Å². The van der Waals surface area contributed by atoms with Gasteiger partial charge in [0.1, 0.15) is 5.65 Å². The lowest BCUT2D eigenvalue weighted by Gasteiger charge is -2.06. The van der Waals surface area contributed by atoms with Gasteiger partial charge in [-0.15, -0.1) is 0 Å². The molecule has 4 nitrogen and oxygen atoms in total. The number of nitrogens with one attached hydrogen (secondary N) is 1. The van der Waals surface area contributed by atoms with Gasteiger partial charge in [-0.05, 0) is 19.1 Å². The summed E-state index contributed by atoms with van der Waals surface area (Å²) in [5.41, 5.74) is 2.05. The molecule has 0 bridgehead atoms. The molecule has 0 unspecified atom stereocenters. The van der Waals surface area contributed by atoms with E-state index in [-0.39, 0.29) is 6.10 Å². The highest BCUT2D eigenvalue weighted by Gasteiger charge is 2.01. The molecule has 0 fully saturated rings. The zero-order valence-corrected chi connectivity index (χ0v) is 8.72. The van der Waals surface area contributed by atoms with Crippen LogP contribution < -0.4 is 5.32 Å². The van der Waals surface area contributed by atoms with Crippen LogP contribution in [0.5, 0.6) is 0 Å². The number of nitrogens with zero attached hydrogens (tertiary/aromatic N) is 2. The van der Waals surface area contributed by atoms with E-state index in [4.69, 9.17) is 5.11 Å². The number of pyridine rings is 1. The van der Waals surface area contributed by atoms with E-state index < -0.39 is 0 Å². The van der Waals surface area contributed by atoms with Gasteiger partial charge >= 0.3 is 0 Å². The zero-order valence-electron chi connectivity index (χ0n) is 8.72. The van der Waals surface area contributed by atoms with Crippen LogP contribution in [-0.2, 0) is 6.54 Å². The molecule has 0 saturated heterocycles. The van der Waals surface area contributed by atoms with E-state index in [2.05, 4.69) is 10.3 Å². The number of fused-ring (bicyclic) bond motifs is 1. The van der Waals surface area contributed by atoms with Gasteiger partial charge in [0.25, 0.3) is 0 Å². The van der Waals surface area contributed by atoms with E-state index in [0.29, 0.717) is 6.54 Å². The summed E-state index contributed by atoms with van der Waals surface area (Å²) in [7, 11) is 0. The Kier molecular flexibility index (Phi) is 2.99. The van der Waals surface area contributed by atoms with Gasteiger partial charge in [0, 0.05) is 19.3 Å². The zero-order chi connectivity index (χ0) is 10.7. The van der Waals surface area contributed by atoms with Crippen molar-refractivity contribution in [1.82, 2.24) is 14.7 Å². The third-order valence-corrected chi connectivity index (χ3v) is 2.24. The molecular weight excluding hydrogens is 190 g/mol. The smallest absolute Gasteiger partial charge is 0.136 e. The quantitative estimate of drug-likeness (QED) is 0.776. The highest BCUT2D eigenvalue weighted by atomic mass is 16.3. The van der Waals surface area contributed by atoms with Crippen LogP contribution in [0.3, 0.4) is 0 Å². The van der Waals surface area contributed by atoms with E-state index in [0.717, 1.165) is 17.9 Å². The van der Waals surface area contributed by atoms with Crippen molar-refractivity contribution >= 4 is 5.65 Å². The largest absolute Gasteiger partial charge is 0.392 e. The molecular formula is C11H15N3O. The lowest BCUT2D eigenvalue weighted by molar-refractivity contribution is 0.191. The van der Waals surface area contributed by atoms with Crippen molar-refractivity contribution in [3.8, 4) is 0 Å². The highest BCUT2D eigenvalue weighted by molar-refractivity contribution is 5.39. The SMILES string of the molecule is C[C@H](O)CNCc1cnc2ccccn12. The summed E-state index contributed by atoms with van der Waals surface area (Å²) in [6, 6.07) is 5.92. The number of aliphatic hydroxyl groups excluding tert-OH is 1. The lowest BCUT2D eigenvalue weighted by Crippen LogP contribution is -2.24. The Hall–Kier alpha value is -1.39. The van der Waals surface area contributed by atoms with E-state index in [1.807, 2.05) is 35.0 Å². The van der Waals surface area contributed by atoms with Crippen molar-refractivity contribution in [2.45, 2.75) is 19.6 Å². The molecule has 0 aromatic carbocycles. The predicted octanol–water partition coefficient (Wildman–Crippen LogP) is 0.805. The van der Waals surface area contributed by atoms with Crippen molar-refractivity contribution in [2.24, 2.45) is 0 Å². The summed E-state index contributed by atoms with van der Waals surface area (Å²) in [4.78, 5) is 4.28. The molecule has 0 saturated carbocycles. The number of hydrogen-bond acceptors (Lipinski definition) is 3. The van der Waals surface area contributed by atoms with E-state index in [1.54, 1.807) is 6.92 Å². The summed E-state index contributed by atoms with van der Waals surface area (Å²) in [5.74, 6) is 0. The molecule has 0 aliphatic rings. The first kappa shape index (κ1) is 10.1. The molecule has 0 aliphatic heterocycles. The Balaban J connectivity index is 2.08. The summed E-state index contributed by atoms with van der Waals surface area (Å²) >= 11 is 0. The Bertz CT molecular complexity index is 436. The summed E-state index contributed by atoms with van der Waals surface area (Å²) in [5, 5.41) is 12.3. The van der Waals surface area contributed by atoms with Crippen molar-refractivity contribution in [2.75, 3.05) is 6.54 Å². The molecule has 0 aliphatic carbocycles. The topological polar surface area (TPSA) is 49.6 Å². The minimum atomic E-state index is -0.316. The summed E-state index contributed by atoms with van der Waals surface area (Å²) in [6.07, 6.45) is 3.52. The van der Waals surface area contributed by atoms with Crippen molar-refractivity contribution in [3.05, 3.63) is 36.3 Å². The Morgan fingerprint density at radius 3 is 3.20 bits per heavy atom. The van der Waals surface area contributed by atoms with Crippen LogP contribution in [0.4, 0.5) is 0 Å². The molecule has 1 atom stereocenters. The number of aliphatic hydroxyl groups is 1. The lowest BCUT2D eigenvalue weighted by atomic mass is 10.4. The molecule has 4 heteroatoms. The van der Waals surface area contributed by atoms with Crippen LogP contribution in [0.15, 0.2) is 30.6 Å². The second-order valence-corrected chi connectivity index (χ2v) is 3.66. The van der Waals surface area contributed by atoms with Gasteiger partial charge in [-0.3, -0.25) is 0 Å². The minimum absolute atomic E-state index is 0.316. The Labute approximate surface area is 88.6 Å². The van der Waals surface area contributed by atoms with Gasteiger partial charge in [0.15, 0.2) is 0 Å². The normalized spacial score (nSPS) is 13.2. The third kappa shape index (κ3) is 2.34. The summed E-state index contributed by atoms with van der Waals surface area (Å²) in [6.45, 7) is 3.08. The monoisotopic (exact) mass is 205 g/mol. The average molecular weight is 205 g/mol. The maximum absolute atomic E-state index is 9.11. The standard InChI is InChI=1S/C11H15N3O/c1-9(15)6-12-7-10-8-13-11-4-2-3-5-14(10)11/h2-5,8-9,12,15H,6-7H2,1H3/t9-/m0/s1. The van der Waals surface area contributed by atoms with Gasteiger partial charge in [-0.1, -0.05) is 6.07 Å². The molecule has 2 aromatic heterocycles. The van der Waals surface area contributed by atoms with Crippen LogP contribution in [0.25, 0.3) is 5.65 Å². The van der Waals surface area contributed by atoms with Gasteiger partial charge in [-0.2, -0.15) is 0 Å². The maximum Gasteiger partial charge on any atom is 0.136 e. The molecule has 2 heterocycles. The fourth-order valence-electron chi connectivity index (χ4n) is 1.52. The van der Waals surface area contributed by atoms with Crippen LogP contribution in [-0.4, -0.2) is 27.1 Å². The molecule has 2 aromatic rings. The Morgan fingerprint density at radius 1 is 1.53 bits per heavy atom. The first-order chi connectivity index (χ1) is 7.27. The van der Waals surface area contributed by atoms with Gasteiger partial charge in [0.05, 0.1) is 18.0 Å². The highest BCUT2D eigenvalue weighted by Crippen LogP contribution is 2.05. The number of imidazole rings is 1. The second kappa shape index (κ2) is 4.42. The first-order valence-corrected chi connectivity index (χ1v) is 5.07. The molecule has 80 valence electrons. The minimum Gasteiger partial charge on any atom is -0.392 e. The molecule has 15 heavy (non-hydrogen) atoms. The molecule has 2 N–H and O–H groups in total. The number of aromatic nitrogens is 2. The molecule has 0 spiro atoms. The van der Waals surface area contributed by atoms with Gasteiger partial charge < -0.3 is 14.8 Å². The number of rotatable bonds is 4. The van der Waals surface area contributed by atoms with E-state index >= 15 is 0 Å². The van der Waals surface area contributed by atoms with Crippen molar-refractivity contribution in [3.63, 3.8) is 0 Å². The average Bonchev–Trinajstić information content (AvgIpc) is 2.62. The van der Waals surface area contributed by atoms with Crippen LogP contribution in [0, 0.1) is 0 Å². The molecule has 0 amide bonds. The first-order valence-electron chi connectivity index (χ1n) is 5.07. The van der Waals surface area contributed by atoms with Crippen LogP contribution >= 0.6 is 0 Å². The second-order valence-electron chi connectivity index (χ2n) is 3.66. The van der Waals surface area contributed by atoms with E-state index in [9.17, 15) is 0 Å². The number of hydrogen-bond donors (Lipinski definition) is 2. The summed E-state index contributed by atoms with van der Waals surface area (Å²) < 4.78 is 2.04. The predicted molar refractivity (Wildman–Crippen MR) is 58.6 cm³/mol. The Morgan fingerprint density at radius 2 is 2.40 bits per heavy atom. The fraction of sp³-hybridized carbons (Fsp3) is 0.364. The molecule has 0 radical (unpaired) electrons. The van der Waals surface area contributed by atoms with Crippen molar-refractivity contribution < 1.29 is 5.11 Å². The van der Waals surface area contributed by atoms with Crippen molar-refractivity contribution in [1.29, 1.82) is 0 Å².